The number of pyridine rings is 1. The van der Waals surface area contributed by atoms with Crippen molar-refractivity contribution in [3.63, 3.8) is 0 Å². The summed E-state index contributed by atoms with van der Waals surface area (Å²) in [5, 5.41) is 2.88. The third kappa shape index (κ3) is 2.49. The average Bonchev–Trinajstić information content (AvgIpc) is 3.10. The van der Waals surface area contributed by atoms with Crippen LogP contribution in [0.2, 0.25) is 0 Å². The molecule has 1 aliphatic carbocycles. The number of aromatic nitrogens is 1. The zero-order valence-electron chi connectivity index (χ0n) is 8.90. The lowest BCUT2D eigenvalue weighted by Crippen LogP contribution is -2.41. The van der Waals surface area contributed by atoms with E-state index in [1.807, 2.05) is 0 Å². The fraction of sp³-hybridized carbons (Fsp3) is 0.455. The van der Waals surface area contributed by atoms with E-state index in [0.717, 1.165) is 12.8 Å². The normalized spacial score (nSPS) is 16.8. The number of hydrogen-bond acceptors (Lipinski definition) is 3. The Labute approximate surface area is 93.0 Å². The third-order valence-corrected chi connectivity index (χ3v) is 2.81. The first-order valence-corrected chi connectivity index (χ1v) is 5.40. The maximum absolute atomic E-state index is 11.8. The predicted octanol–water partition coefficient (Wildman–Crippen LogP) is -0.158. The first-order chi connectivity index (χ1) is 7.70. The fourth-order valence-corrected chi connectivity index (χ4v) is 1.67. The number of amides is 1. The molecule has 0 aromatic carbocycles. The summed E-state index contributed by atoms with van der Waals surface area (Å²) in [5.41, 5.74) is 5.84. The van der Waals surface area contributed by atoms with Gasteiger partial charge in [-0.15, -0.1) is 0 Å². The van der Waals surface area contributed by atoms with Gasteiger partial charge in [-0.3, -0.25) is 9.59 Å². The van der Waals surface area contributed by atoms with Gasteiger partial charge in [0, 0.05) is 24.8 Å². The number of H-pyrrole nitrogens is 1. The van der Waals surface area contributed by atoms with E-state index in [2.05, 4.69) is 10.3 Å². The minimum absolute atomic E-state index is 0.0550. The molecule has 1 aromatic rings. The number of nitrogens with one attached hydrogen (secondary N) is 2. The summed E-state index contributed by atoms with van der Waals surface area (Å²) in [4.78, 5) is 25.1. The molecule has 1 unspecified atom stereocenters. The van der Waals surface area contributed by atoms with Gasteiger partial charge in [0.15, 0.2) is 0 Å². The SMILES string of the molecule is NCC(NC(=O)c1ccc(=O)[nH]c1)C1CC1. The van der Waals surface area contributed by atoms with Gasteiger partial charge in [0.05, 0.1) is 5.56 Å². The Hall–Kier alpha value is -1.62. The molecular formula is C11H15N3O2. The predicted molar refractivity (Wildman–Crippen MR) is 60.1 cm³/mol. The van der Waals surface area contributed by atoms with Crippen molar-refractivity contribution < 1.29 is 4.79 Å². The van der Waals surface area contributed by atoms with Gasteiger partial charge >= 0.3 is 0 Å². The van der Waals surface area contributed by atoms with Gasteiger partial charge in [-0.05, 0) is 24.8 Å². The standard InChI is InChI=1S/C11H15N3O2/c12-5-9(7-1-2-7)14-11(16)8-3-4-10(15)13-6-8/h3-4,6-7,9H,1-2,5,12H2,(H,13,15)(H,14,16). The van der Waals surface area contributed by atoms with Crippen molar-refractivity contribution in [2.24, 2.45) is 11.7 Å². The third-order valence-electron chi connectivity index (χ3n) is 2.81. The van der Waals surface area contributed by atoms with Crippen molar-refractivity contribution in [2.45, 2.75) is 18.9 Å². The van der Waals surface area contributed by atoms with E-state index >= 15 is 0 Å². The Morgan fingerprint density at radius 3 is 2.81 bits per heavy atom. The molecule has 0 saturated heterocycles. The highest BCUT2D eigenvalue weighted by Crippen LogP contribution is 2.32. The van der Waals surface area contributed by atoms with Gasteiger partial charge in [-0.25, -0.2) is 0 Å². The van der Waals surface area contributed by atoms with Crippen molar-refractivity contribution in [3.8, 4) is 0 Å². The number of hydrogen-bond donors (Lipinski definition) is 3. The summed E-state index contributed by atoms with van der Waals surface area (Å²) in [7, 11) is 0. The summed E-state index contributed by atoms with van der Waals surface area (Å²) in [6.45, 7) is 0.458. The van der Waals surface area contributed by atoms with Crippen LogP contribution in [0.3, 0.4) is 0 Å². The molecule has 0 spiro atoms. The van der Waals surface area contributed by atoms with Crippen LogP contribution in [0.5, 0.6) is 0 Å². The molecule has 0 aliphatic heterocycles. The van der Waals surface area contributed by atoms with Crippen LogP contribution >= 0.6 is 0 Å². The van der Waals surface area contributed by atoms with Crippen molar-refractivity contribution in [2.75, 3.05) is 6.54 Å². The van der Waals surface area contributed by atoms with Crippen molar-refractivity contribution in [1.82, 2.24) is 10.3 Å². The molecule has 0 radical (unpaired) electrons. The second kappa shape index (κ2) is 4.49. The van der Waals surface area contributed by atoms with E-state index in [4.69, 9.17) is 5.73 Å². The van der Waals surface area contributed by atoms with Crippen LogP contribution < -0.4 is 16.6 Å². The van der Waals surface area contributed by atoms with Crippen LogP contribution in [0, 0.1) is 5.92 Å². The number of aromatic amines is 1. The van der Waals surface area contributed by atoms with Crippen LogP contribution in [0.25, 0.3) is 0 Å². The second-order valence-electron chi connectivity index (χ2n) is 4.09. The molecule has 5 heteroatoms. The van der Waals surface area contributed by atoms with Gasteiger partial charge < -0.3 is 16.0 Å². The summed E-state index contributed by atoms with van der Waals surface area (Å²) in [6, 6.07) is 2.90. The smallest absolute Gasteiger partial charge is 0.253 e. The summed E-state index contributed by atoms with van der Waals surface area (Å²) >= 11 is 0. The zero-order chi connectivity index (χ0) is 11.5. The lowest BCUT2D eigenvalue weighted by Gasteiger charge is -2.15. The van der Waals surface area contributed by atoms with Gasteiger partial charge in [-0.2, -0.15) is 0 Å². The molecular weight excluding hydrogens is 206 g/mol. The van der Waals surface area contributed by atoms with Crippen LogP contribution in [0.4, 0.5) is 0 Å². The molecule has 1 saturated carbocycles. The number of carbonyl (C=O) groups is 1. The summed E-state index contributed by atoms with van der Waals surface area (Å²) in [5.74, 6) is 0.343. The Morgan fingerprint density at radius 2 is 2.31 bits per heavy atom. The lowest BCUT2D eigenvalue weighted by atomic mass is 10.1. The molecule has 86 valence electrons. The molecule has 0 bridgehead atoms. The van der Waals surface area contributed by atoms with E-state index in [1.165, 1.54) is 18.3 Å². The highest BCUT2D eigenvalue weighted by atomic mass is 16.2. The monoisotopic (exact) mass is 221 g/mol. The molecule has 16 heavy (non-hydrogen) atoms. The van der Waals surface area contributed by atoms with Crippen molar-refractivity contribution in [3.05, 3.63) is 34.2 Å². The highest BCUT2D eigenvalue weighted by Gasteiger charge is 2.31. The number of carbonyl (C=O) groups excluding carboxylic acids is 1. The van der Waals surface area contributed by atoms with Crippen LogP contribution in [-0.4, -0.2) is 23.5 Å². The fourth-order valence-electron chi connectivity index (χ4n) is 1.67. The van der Waals surface area contributed by atoms with E-state index in [-0.39, 0.29) is 17.5 Å². The molecule has 1 aliphatic rings. The minimum Gasteiger partial charge on any atom is -0.348 e. The zero-order valence-corrected chi connectivity index (χ0v) is 8.90. The number of rotatable bonds is 4. The molecule has 2 rings (SSSR count). The Morgan fingerprint density at radius 1 is 1.56 bits per heavy atom. The van der Waals surface area contributed by atoms with Crippen LogP contribution in [0.15, 0.2) is 23.1 Å². The lowest BCUT2D eigenvalue weighted by molar-refractivity contribution is 0.0933. The summed E-state index contributed by atoms with van der Waals surface area (Å²) in [6.07, 6.45) is 3.68. The molecule has 1 heterocycles. The quantitative estimate of drug-likeness (QED) is 0.660. The molecule has 1 amide bonds. The maximum atomic E-state index is 11.8. The topological polar surface area (TPSA) is 88.0 Å². The molecule has 1 fully saturated rings. The first kappa shape index (κ1) is 10.9. The van der Waals surface area contributed by atoms with Gasteiger partial charge in [0.1, 0.15) is 0 Å². The highest BCUT2D eigenvalue weighted by molar-refractivity contribution is 5.94. The van der Waals surface area contributed by atoms with Crippen molar-refractivity contribution >= 4 is 5.91 Å². The largest absolute Gasteiger partial charge is 0.348 e. The Bertz CT molecular complexity index is 417. The maximum Gasteiger partial charge on any atom is 0.253 e. The molecule has 5 nitrogen and oxygen atoms in total. The second-order valence-corrected chi connectivity index (χ2v) is 4.09. The number of nitrogens with two attached hydrogens (primary N) is 1. The Balaban J connectivity index is 2.01. The molecule has 4 N–H and O–H groups in total. The van der Waals surface area contributed by atoms with Gasteiger partial charge in [0.25, 0.3) is 5.91 Å². The van der Waals surface area contributed by atoms with Gasteiger partial charge in [0.2, 0.25) is 5.56 Å². The molecule has 1 atom stereocenters. The van der Waals surface area contributed by atoms with Crippen LogP contribution in [-0.2, 0) is 0 Å². The van der Waals surface area contributed by atoms with Crippen molar-refractivity contribution in [1.29, 1.82) is 0 Å². The molecule has 1 aromatic heterocycles. The summed E-state index contributed by atoms with van der Waals surface area (Å²) < 4.78 is 0. The minimum atomic E-state index is -0.214. The van der Waals surface area contributed by atoms with Crippen LogP contribution in [0.1, 0.15) is 23.2 Å². The van der Waals surface area contributed by atoms with E-state index in [0.29, 0.717) is 18.0 Å². The first-order valence-electron chi connectivity index (χ1n) is 5.40. The van der Waals surface area contributed by atoms with Gasteiger partial charge in [-0.1, -0.05) is 0 Å². The Kier molecular flexibility index (Phi) is 3.05. The van der Waals surface area contributed by atoms with E-state index in [1.54, 1.807) is 0 Å². The average molecular weight is 221 g/mol. The van der Waals surface area contributed by atoms with E-state index < -0.39 is 0 Å². The van der Waals surface area contributed by atoms with E-state index in [9.17, 15) is 9.59 Å².